The molecule has 0 saturated carbocycles. The van der Waals surface area contributed by atoms with Crippen molar-refractivity contribution in [3.8, 4) is 0 Å². The highest BCUT2D eigenvalue weighted by Crippen LogP contribution is 2.09. The number of nitrogens with one attached hydrogen (secondary N) is 1. The van der Waals surface area contributed by atoms with Crippen molar-refractivity contribution in [2.75, 3.05) is 6.61 Å². The maximum absolute atomic E-state index is 11.6. The average Bonchev–Trinajstić information content (AvgIpc) is 3.01. The number of hydrogen-bond donors (Lipinski definition) is 2. The van der Waals surface area contributed by atoms with Crippen molar-refractivity contribution in [3.05, 3.63) is 40.6 Å². The normalized spacial score (nSPS) is 12.3. The number of nitrogens with zero attached hydrogens (tertiary/aromatic N) is 1. The second-order valence-corrected chi connectivity index (χ2v) is 4.92. The van der Waals surface area contributed by atoms with Crippen LogP contribution in [-0.2, 0) is 22.4 Å². The molecule has 0 aliphatic rings. The number of carbonyl (C=O) groups excluding carboxylic acids is 1. The largest absolute Gasteiger partial charge is 0.464 e. The first-order chi connectivity index (χ1) is 8.75. The van der Waals surface area contributed by atoms with Gasteiger partial charge in [0.15, 0.2) is 0 Å². The molecule has 0 fully saturated rings. The molecule has 6 heteroatoms. The summed E-state index contributed by atoms with van der Waals surface area (Å²) < 4.78 is 5.13. The van der Waals surface area contributed by atoms with Crippen LogP contribution in [0, 0.1) is 0 Å². The van der Waals surface area contributed by atoms with Gasteiger partial charge in [-0.3, -0.25) is 4.79 Å². The van der Waals surface area contributed by atoms with Crippen LogP contribution in [-0.4, -0.2) is 28.6 Å². The van der Waals surface area contributed by atoms with E-state index in [4.69, 9.17) is 10.5 Å². The Morgan fingerprint density at radius 2 is 2.50 bits per heavy atom. The first kappa shape index (κ1) is 12.8. The van der Waals surface area contributed by atoms with E-state index >= 15 is 0 Å². The third kappa shape index (κ3) is 3.68. The van der Waals surface area contributed by atoms with E-state index in [2.05, 4.69) is 9.97 Å². The number of thiophene rings is 1. The maximum atomic E-state index is 11.6. The van der Waals surface area contributed by atoms with Gasteiger partial charge in [-0.2, -0.15) is 0 Å². The van der Waals surface area contributed by atoms with E-state index in [0.717, 1.165) is 12.1 Å². The molecule has 0 aliphatic carbocycles. The van der Waals surface area contributed by atoms with Crippen LogP contribution in [0.4, 0.5) is 0 Å². The fraction of sp³-hybridized carbons (Fsp3) is 0.333. The molecule has 0 aliphatic heterocycles. The molecule has 2 aromatic heterocycles. The van der Waals surface area contributed by atoms with E-state index in [1.165, 1.54) is 4.88 Å². The van der Waals surface area contributed by atoms with Crippen molar-refractivity contribution < 1.29 is 9.53 Å². The minimum Gasteiger partial charge on any atom is -0.464 e. The Morgan fingerprint density at radius 3 is 3.17 bits per heavy atom. The maximum Gasteiger partial charge on any atom is 0.323 e. The Bertz CT molecular complexity index is 467. The average molecular weight is 265 g/mol. The highest BCUT2D eigenvalue weighted by molar-refractivity contribution is 7.09. The van der Waals surface area contributed by atoms with Crippen molar-refractivity contribution >= 4 is 17.3 Å². The summed E-state index contributed by atoms with van der Waals surface area (Å²) in [4.78, 5) is 19.6. The van der Waals surface area contributed by atoms with Crippen LogP contribution in [0.15, 0.2) is 30.0 Å². The number of aromatic nitrogens is 2. The summed E-state index contributed by atoms with van der Waals surface area (Å²) in [5, 5.41) is 2.00. The Labute approximate surface area is 109 Å². The lowest BCUT2D eigenvalue weighted by molar-refractivity contribution is -0.145. The molecule has 0 spiro atoms. The monoisotopic (exact) mass is 265 g/mol. The number of hydrogen-bond acceptors (Lipinski definition) is 5. The summed E-state index contributed by atoms with van der Waals surface area (Å²) in [5.74, 6) is -0.374. The molecule has 0 radical (unpaired) electrons. The molecular formula is C12H15N3O2S. The number of nitrogens with two attached hydrogens (primary N) is 1. The van der Waals surface area contributed by atoms with Crippen molar-refractivity contribution in [3.63, 3.8) is 0 Å². The SMILES string of the molecule is N[C@@H](Cc1cnc[nH]1)C(=O)OCCc1cccs1. The zero-order valence-electron chi connectivity index (χ0n) is 9.83. The number of ether oxygens (including phenoxy) is 1. The van der Waals surface area contributed by atoms with Crippen molar-refractivity contribution in [2.45, 2.75) is 18.9 Å². The topological polar surface area (TPSA) is 81.0 Å². The number of esters is 1. The molecule has 2 heterocycles. The van der Waals surface area contributed by atoms with E-state index in [1.807, 2.05) is 17.5 Å². The molecule has 0 unspecified atom stereocenters. The molecule has 5 nitrogen and oxygen atoms in total. The van der Waals surface area contributed by atoms with Gasteiger partial charge >= 0.3 is 5.97 Å². The number of carbonyl (C=O) groups is 1. The molecule has 96 valence electrons. The lowest BCUT2D eigenvalue weighted by Crippen LogP contribution is -2.34. The first-order valence-electron chi connectivity index (χ1n) is 5.67. The fourth-order valence-electron chi connectivity index (χ4n) is 1.53. The van der Waals surface area contributed by atoms with Gasteiger partial charge in [0.2, 0.25) is 0 Å². The van der Waals surface area contributed by atoms with Gasteiger partial charge in [0, 0.05) is 29.6 Å². The number of rotatable bonds is 6. The van der Waals surface area contributed by atoms with Crippen LogP contribution >= 0.6 is 11.3 Å². The molecule has 3 N–H and O–H groups in total. The summed E-state index contributed by atoms with van der Waals surface area (Å²) in [5.41, 5.74) is 6.58. The summed E-state index contributed by atoms with van der Waals surface area (Å²) in [7, 11) is 0. The lowest BCUT2D eigenvalue weighted by atomic mass is 10.2. The quantitative estimate of drug-likeness (QED) is 0.767. The number of imidazole rings is 1. The van der Waals surface area contributed by atoms with Crippen molar-refractivity contribution in [2.24, 2.45) is 5.73 Å². The van der Waals surface area contributed by atoms with Gasteiger partial charge in [-0.05, 0) is 11.4 Å². The molecule has 0 saturated heterocycles. The van der Waals surface area contributed by atoms with Crippen molar-refractivity contribution in [1.29, 1.82) is 0 Å². The Hall–Kier alpha value is -1.66. The summed E-state index contributed by atoms with van der Waals surface area (Å²) >= 11 is 1.65. The summed E-state index contributed by atoms with van der Waals surface area (Å²) in [6.45, 7) is 0.371. The number of aromatic amines is 1. The van der Waals surface area contributed by atoms with Crippen LogP contribution in [0.3, 0.4) is 0 Å². The molecule has 0 bridgehead atoms. The van der Waals surface area contributed by atoms with Crippen molar-refractivity contribution in [1.82, 2.24) is 9.97 Å². The Kier molecular flexibility index (Phi) is 4.49. The van der Waals surface area contributed by atoms with Crippen LogP contribution in [0.25, 0.3) is 0 Å². The molecule has 1 atom stereocenters. The van der Waals surface area contributed by atoms with E-state index in [1.54, 1.807) is 23.9 Å². The van der Waals surface area contributed by atoms with E-state index in [9.17, 15) is 4.79 Å². The van der Waals surface area contributed by atoms with Gasteiger partial charge in [-0.15, -0.1) is 11.3 Å². The predicted octanol–water partition coefficient (Wildman–Crippen LogP) is 1.13. The second kappa shape index (κ2) is 6.32. The number of H-pyrrole nitrogens is 1. The predicted molar refractivity (Wildman–Crippen MR) is 69.2 cm³/mol. The van der Waals surface area contributed by atoms with Gasteiger partial charge in [0.25, 0.3) is 0 Å². The zero-order valence-corrected chi connectivity index (χ0v) is 10.7. The van der Waals surface area contributed by atoms with Gasteiger partial charge < -0.3 is 15.5 Å². The Balaban J connectivity index is 1.70. The fourth-order valence-corrected chi connectivity index (χ4v) is 2.22. The lowest BCUT2D eigenvalue weighted by Gasteiger charge is -2.10. The third-order valence-corrected chi connectivity index (χ3v) is 3.41. The molecule has 2 rings (SSSR count). The molecular weight excluding hydrogens is 250 g/mol. The minimum atomic E-state index is -0.645. The van der Waals surface area contributed by atoms with Gasteiger partial charge in [0.1, 0.15) is 6.04 Å². The second-order valence-electron chi connectivity index (χ2n) is 3.88. The van der Waals surface area contributed by atoms with Crippen LogP contribution < -0.4 is 5.73 Å². The highest BCUT2D eigenvalue weighted by Gasteiger charge is 2.16. The minimum absolute atomic E-state index is 0.371. The van der Waals surface area contributed by atoms with Gasteiger partial charge in [0.05, 0.1) is 12.9 Å². The smallest absolute Gasteiger partial charge is 0.323 e. The molecule has 0 amide bonds. The standard InChI is InChI=1S/C12H15N3O2S/c13-11(6-9-7-14-8-15-9)12(16)17-4-3-10-2-1-5-18-10/h1-2,5,7-8,11H,3-4,6,13H2,(H,14,15)/t11-/m0/s1. The van der Waals surface area contributed by atoms with Gasteiger partial charge in [-0.1, -0.05) is 6.07 Å². The van der Waals surface area contributed by atoms with Gasteiger partial charge in [-0.25, -0.2) is 4.98 Å². The first-order valence-corrected chi connectivity index (χ1v) is 6.55. The molecule has 18 heavy (non-hydrogen) atoms. The summed E-state index contributed by atoms with van der Waals surface area (Å²) in [6, 6.07) is 3.35. The molecule has 2 aromatic rings. The Morgan fingerprint density at radius 1 is 1.61 bits per heavy atom. The molecule has 0 aromatic carbocycles. The van der Waals surface area contributed by atoms with Crippen LogP contribution in [0.2, 0.25) is 0 Å². The summed E-state index contributed by atoms with van der Waals surface area (Å²) in [6.07, 6.45) is 4.36. The highest BCUT2D eigenvalue weighted by atomic mass is 32.1. The van der Waals surface area contributed by atoms with E-state index < -0.39 is 6.04 Å². The zero-order chi connectivity index (χ0) is 12.8. The van der Waals surface area contributed by atoms with Crippen LogP contribution in [0.1, 0.15) is 10.6 Å². The van der Waals surface area contributed by atoms with E-state index in [0.29, 0.717) is 13.0 Å². The van der Waals surface area contributed by atoms with Crippen LogP contribution in [0.5, 0.6) is 0 Å². The van der Waals surface area contributed by atoms with E-state index in [-0.39, 0.29) is 5.97 Å². The third-order valence-electron chi connectivity index (χ3n) is 2.47.